The molecular formula is C10H14O3. The van der Waals surface area contributed by atoms with E-state index >= 15 is 0 Å². The van der Waals surface area contributed by atoms with Gasteiger partial charge in [-0.05, 0) is 19.1 Å². The van der Waals surface area contributed by atoms with Crippen LogP contribution in [-0.4, -0.2) is 17.7 Å². The largest absolute Gasteiger partial charge is 0.494 e. The van der Waals surface area contributed by atoms with Crippen molar-refractivity contribution in [3.63, 3.8) is 0 Å². The molecule has 1 N–H and O–H groups in total. The van der Waals surface area contributed by atoms with Crippen LogP contribution in [-0.2, 0) is 4.79 Å². The summed E-state index contributed by atoms with van der Waals surface area (Å²) in [6, 6.07) is 9.80. The molecule has 0 aliphatic carbocycles. The Bertz CT molecular complexity index is 227. The Kier molecular flexibility index (Phi) is 6.32. The molecule has 0 aromatic heterocycles. The molecular weight excluding hydrogens is 168 g/mol. The molecule has 3 heteroatoms. The minimum Gasteiger partial charge on any atom is -0.494 e. The molecule has 0 aliphatic heterocycles. The zero-order valence-corrected chi connectivity index (χ0v) is 7.86. The summed E-state index contributed by atoms with van der Waals surface area (Å²) in [5.74, 6) is 0.111. The van der Waals surface area contributed by atoms with Crippen molar-refractivity contribution in [2.45, 2.75) is 13.8 Å². The van der Waals surface area contributed by atoms with E-state index in [1.807, 2.05) is 37.3 Å². The monoisotopic (exact) mass is 182 g/mol. The molecule has 0 radical (unpaired) electrons. The van der Waals surface area contributed by atoms with Gasteiger partial charge in [0.1, 0.15) is 5.75 Å². The molecule has 0 unspecified atom stereocenters. The lowest BCUT2D eigenvalue weighted by Crippen LogP contribution is -1.89. The summed E-state index contributed by atoms with van der Waals surface area (Å²) in [5, 5.41) is 7.42. The summed E-state index contributed by atoms with van der Waals surface area (Å²) in [4.78, 5) is 9.00. The van der Waals surface area contributed by atoms with E-state index < -0.39 is 5.97 Å². The molecule has 13 heavy (non-hydrogen) atoms. The Morgan fingerprint density at radius 2 is 1.85 bits per heavy atom. The summed E-state index contributed by atoms with van der Waals surface area (Å²) in [6.45, 7) is 3.80. The number of rotatable bonds is 2. The van der Waals surface area contributed by atoms with E-state index in [9.17, 15) is 0 Å². The fraction of sp³-hybridized carbons (Fsp3) is 0.300. The second kappa shape index (κ2) is 7.16. The minimum atomic E-state index is -0.833. The van der Waals surface area contributed by atoms with Gasteiger partial charge in [0, 0.05) is 6.92 Å². The van der Waals surface area contributed by atoms with Crippen molar-refractivity contribution in [2.75, 3.05) is 6.61 Å². The maximum atomic E-state index is 9.00. The molecule has 1 rings (SSSR count). The quantitative estimate of drug-likeness (QED) is 0.762. The fourth-order valence-electron chi connectivity index (χ4n) is 0.683. The normalized spacial score (nSPS) is 8.15. The number of ether oxygens (including phenoxy) is 1. The van der Waals surface area contributed by atoms with E-state index in [1.165, 1.54) is 0 Å². The Balaban J connectivity index is 0.000000310. The highest BCUT2D eigenvalue weighted by Crippen LogP contribution is 2.06. The molecule has 0 heterocycles. The Morgan fingerprint density at radius 3 is 2.23 bits per heavy atom. The molecule has 0 saturated heterocycles. The van der Waals surface area contributed by atoms with E-state index in [0.717, 1.165) is 19.3 Å². The molecule has 72 valence electrons. The first-order valence-corrected chi connectivity index (χ1v) is 4.04. The lowest BCUT2D eigenvalue weighted by Gasteiger charge is -1.99. The highest BCUT2D eigenvalue weighted by atomic mass is 16.5. The van der Waals surface area contributed by atoms with Gasteiger partial charge in [-0.15, -0.1) is 0 Å². The molecule has 0 saturated carbocycles. The maximum absolute atomic E-state index is 9.00. The number of hydrogen-bond acceptors (Lipinski definition) is 2. The summed E-state index contributed by atoms with van der Waals surface area (Å²) < 4.78 is 5.21. The van der Waals surface area contributed by atoms with Gasteiger partial charge in [0.05, 0.1) is 6.61 Å². The van der Waals surface area contributed by atoms with Crippen LogP contribution in [0.15, 0.2) is 30.3 Å². The molecule has 0 atom stereocenters. The predicted molar refractivity (Wildman–Crippen MR) is 50.9 cm³/mol. The second-order valence-corrected chi connectivity index (χ2v) is 2.27. The second-order valence-electron chi connectivity index (χ2n) is 2.27. The van der Waals surface area contributed by atoms with Gasteiger partial charge in [0.2, 0.25) is 0 Å². The number of hydrogen-bond donors (Lipinski definition) is 1. The topological polar surface area (TPSA) is 46.5 Å². The fourth-order valence-corrected chi connectivity index (χ4v) is 0.683. The van der Waals surface area contributed by atoms with Crippen LogP contribution in [0, 0.1) is 0 Å². The van der Waals surface area contributed by atoms with E-state index in [-0.39, 0.29) is 0 Å². The van der Waals surface area contributed by atoms with Crippen LogP contribution in [0.3, 0.4) is 0 Å². The SMILES string of the molecule is CC(=O)O.CCOc1ccccc1. The van der Waals surface area contributed by atoms with E-state index in [0.29, 0.717) is 0 Å². The smallest absolute Gasteiger partial charge is 0.300 e. The lowest BCUT2D eigenvalue weighted by atomic mass is 10.3. The van der Waals surface area contributed by atoms with Gasteiger partial charge in [-0.3, -0.25) is 4.79 Å². The first-order chi connectivity index (χ1) is 6.16. The Morgan fingerprint density at radius 1 is 1.38 bits per heavy atom. The van der Waals surface area contributed by atoms with Gasteiger partial charge in [0.15, 0.2) is 0 Å². The first kappa shape index (κ1) is 11.5. The van der Waals surface area contributed by atoms with E-state index in [1.54, 1.807) is 0 Å². The van der Waals surface area contributed by atoms with Crippen LogP contribution in [0.25, 0.3) is 0 Å². The molecule has 0 aliphatic rings. The summed E-state index contributed by atoms with van der Waals surface area (Å²) >= 11 is 0. The third-order valence-corrected chi connectivity index (χ3v) is 1.05. The third-order valence-electron chi connectivity index (χ3n) is 1.05. The molecule has 0 spiro atoms. The van der Waals surface area contributed by atoms with Gasteiger partial charge in [-0.1, -0.05) is 18.2 Å². The number of aliphatic carboxylic acids is 1. The number of benzene rings is 1. The molecule has 1 aromatic rings. The standard InChI is InChI=1S/C8H10O.C2H4O2/c1-2-9-8-6-4-3-5-7-8;1-2(3)4/h3-7H,2H2,1H3;1H3,(H,3,4). The van der Waals surface area contributed by atoms with Crippen molar-refractivity contribution in [1.29, 1.82) is 0 Å². The van der Waals surface area contributed by atoms with Gasteiger partial charge in [-0.2, -0.15) is 0 Å². The molecule has 0 amide bonds. The van der Waals surface area contributed by atoms with Crippen molar-refractivity contribution >= 4 is 5.97 Å². The van der Waals surface area contributed by atoms with Crippen LogP contribution >= 0.6 is 0 Å². The predicted octanol–water partition coefficient (Wildman–Crippen LogP) is 2.18. The summed E-state index contributed by atoms with van der Waals surface area (Å²) in [6.07, 6.45) is 0. The van der Waals surface area contributed by atoms with Gasteiger partial charge < -0.3 is 9.84 Å². The number of carboxylic acid groups (broad SMARTS) is 1. The highest BCUT2D eigenvalue weighted by Gasteiger charge is 1.83. The molecule has 0 fully saturated rings. The number of carbonyl (C=O) groups is 1. The minimum absolute atomic E-state index is 0.740. The number of carboxylic acids is 1. The maximum Gasteiger partial charge on any atom is 0.300 e. The molecule has 0 bridgehead atoms. The zero-order valence-electron chi connectivity index (χ0n) is 7.86. The van der Waals surface area contributed by atoms with Crippen LogP contribution in [0.2, 0.25) is 0 Å². The van der Waals surface area contributed by atoms with Crippen molar-refractivity contribution in [3.8, 4) is 5.75 Å². The van der Waals surface area contributed by atoms with Gasteiger partial charge in [0.25, 0.3) is 5.97 Å². The summed E-state index contributed by atoms with van der Waals surface area (Å²) in [7, 11) is 0. The zero-order chi connectivity index (χ0) is 10.1. The lowest BCUT2D eigenvalue weighted by molar-refractivity contribution is -0.134. The van der Waals surface area contributed by atoms with E-state index in [2.05, 4.69) is 0 Å². The molecule has 1 aromatic carbocycles. The van der Waals surface area contributed by atoms with Crippen LogP contribution < -0.4 is 4.74 Å². The molecule has 3 nitrogen and oxygen atoms in total. The summed E-state index contributed by atoms with van der Waals surface area (Å²) in [5.41, 5.74) is 0. The van der Waals surface area contributed by atoms with Crippen molar-refractivity contribution in [2.24, 2.45) is 0 Å². The van der Waals surface area contributed by atoms with E-state index in [4.69, 9.17) is 14.6 Å². The number of para-hydroxylation sites is 1. The average Bonchev–Trinajstić information content (AvgIpc) is 2.06. The third kappa shape index (κ3) is 8.40. The first-order valence-electron chi connectivity index (χ1n) is 4.04. The van der Waals surface area contributed by atoms with Crippen molar-refractivity contribution in [1.82, 2.24) is 0 Å². The highest BCUT2D eigenvalue weighted by molar-refractivity contribution is 5.62. The average molecular weight is 182 g/mol. The Hall–Kier alpha value is -1.51. The van der Waals surface area contributed by atoms with Crippen LogP contribution in [0.1, 0.15) is 13.8 Å². The van der Waals surface area contributed by atoms with Gasteiger partial charge >= 0.3 is 0 Å². The van der Waals surface area contributed by atoms with Crippen LogP contribution in [0.4, 0.5) is 0 Å². The Labute approximate surface area is 78.0 Å². The van der Waals surface area contributed by atoms with Gasteiger partial charge in [-0.25, -0.2) is 0 Å². The van der Waals surface area contributed by atoms with Crippen LogP contribution in [0.5, 0.6) is 5.75 Å². The van der Waals surface area contributed by atoms with Crippen molar-refractivity contribution < 1.29 is 14.6 Å². The van der Waals surface area contributed by atoms with Crippen molar-refractivity contribution in [3.05, 3.63) is 30.3 Å².